The van der Waals surface area contributed by atoms with Gasteiger partial charge in [0.2, 0.25) is 0 Å². The average molecular weight is 400 g/mol. The van der Waals surface area contributed by atoms with Crippen molar-refractivity contribution in [2.45, 2.75) is 31.6 Å². The summed E-state index contributed by atoms with van der Waals surface area (Å²) in [7, 11) is 0. The second-order valence-corrected chi connectivity index (χ2v) is 8.32. The Bertz CT molecular complexity index is 1120. The second-order valence-electron chi connectivity index (χ2n) is 8.32. The van der Waals surface area contributed by atoms with Crippen molar-refractivity contribution in [3.63, 3.8) is 0 Å². The highest BCUT2D eigenvalue weighted by Crippen LogP contribution is 2.29. The predicted molar refractivity (Wildman–Crippen MR) is 117 cm³/mol. The molecule has 2 bridgehead atoms. The van der Waals surface area contributed by atoms with Crippen LogP contribution in [0, 0.1) is 0 Å². The van der Waals surface area contributed by atoms with Crippen LogP contribution in [0.3, 0.4) is 0 Å². The number of imidazole rings is 1. The van der Waals surface area contributed by atoms with Crippen LogP contribution in [-0.2, 0) is 11.3 Å². The number of aromatic nitrogens is 2. The van der Waals surface area contributed by atoms with Crippen LogP contribution in [0.4, 0.5) is 0 Å². The Balaban J connectivity index is 1.15. The van der Waals surface area contributed by atoms with Gasteiger partial charge < -0.3 is 14.5 Å². The van der Waals surface area contributed by atoms with Crippen LogP contribution in [0.1, 0.15) is 24.2 Å². The number of aliphatic imine (C=N–C) groups is 1. The van der Waals surface area contributed by atoms with Gasteiger partial charge in [0.1, 0.15) is 17.3 Å². The van der Waals surface area contributed by atoms with E-state index in [2.05, 4.69) is 33.1 Å². The first-order valence-electron chi connectivity index (χ1n) is 10.6. The van der Waals surface area contributed by atoms with Gasteiger partial charge in [0.25, 0.3) is 0 Å². The highest BCUT2D eigenvalue weighted by Gasteiger charge is 2.33. The van der Waals surface area contributed by atoms with E-state index in [4.69, 9.17) is 14.5 Å². The molecule has 3 aromatic rings. The van der Waals surface area contributed by atoms with E-state index in [0.717, 1.165) is 54.5 Å². The molecule has 3 aliphatic heterocycles. The zero-order valence-electron chi connectivity index (χ0n) is 16.8. The SMILES string of the molecule is C1=NCC(c2ccc(Oc3ccc4nc(CN5C[C@@H]6CC[C@@H](C5)O6)[nH]c4c3)cc2)=C1. The summed E-state index contributed by atoms with van der Waals surface area (Å²) in [5.41, 5.74) is 4.40. The molecule has 2 fully saturated rings. The smallest absolute Gasteiger partial charge is 0.129 e. The Kier molecular flexibility index (Phi) is 4.39. The number of hydrogen-bond acceptors (Lipinski definition) is 5. The Morgan fingerprint density at radius 3 is 2.60 bits per heavy atom. The van der Waals surface area contributed by atoms with E-state index in [1.807, 2.05) is 36.5 Å². The average Bonchev–Trinajstić information content (AvgIpc) is 3.48. The van der Waals surface area contributed by atoms with Crippen LogP contribution in [0.2, 0.25) is 0 Å². The van der Waals surface area contributed by atoms with Gasteiger partial charge in [-0.15, -0.1) is 0 Å². The second kappa shape index (κ2) is 7.38. The summed E-state index contributed by atoms with van der Waals surface area (Å²) < 4.78 is 12.0. The van der Waals surface area contributed by atoms with Gasteiger partial charge in [0.05, 0.1) is 36.3 Å². The number of aromatic amines is 1. The molecule has 0 saturated carbocycles. The number of morpholine rings is 1. The number of hydrogen-bond donors (Lipinski definition) is 1. The van der Waals surface area contributed by atoms with Crippen molar-refractivity contribution in [2.24, 2.45) is 4.99 Å². The Hall–Kier alpha value is -2.96. The van der Waals surface area contributed by atoms with Crippen molar-refractivity contribution in [1.29, 1.82) is 0 Å². The molecule has 6 heteroatoms. The van der Waals surface area contributed by atoms with Crippen LogP contribution < -0.4 is 4.74 Å². The van der Waals surface area contributed by atoms with Crippen molar-refractivity contribution in [2.75, 3.05) is 19.6 Å². The Morgan fingerprint density at radius 2 is 1.83 bits per heavy atom. The normalized spacial score (nSPS) is 23.3. The number of fused-ring (bicyclic) bond motifs is 3. The maximum atomic E-state index is 6.07. The fraction of sp³-hybridized carbons (Fsp3) is 0.333. The fourth-order valence-corrected chi connectivity index (χ4v) is 4.63. The predicted octanol–water partition coefficient (Wildman–Crippen LogP) is 4.19. The van der Waals surface area contributed by atoms with Gasteiger partial charge in [-0.05, 0) is 54.3 Å². The summed E-state index contributed by atoms with van der Waals surface area (Å²) >= 11 is 0. The number of rotatable bonds is 5. The molecule has 4 heterocycles. The standard InChI is InChI=1S/C24H24N4O2/c1-3-18(4-2-16(1)17-9-10-25-12-17)29-19-7-8-22-23(11-19)27-24(26-22)15-28-13-20-5-6-21(14-28)30-20/h1-4,7-11,20-21H,5-6,12-15H2,(H,26,27)/t20-,21-/m0/s1. The van der Waals surface area contributed by atoms with E-state index in [0.29, 0.717) is 12.2 Å². The molecule has 2 aromatic carbocycles. The number of benzene rings is 2. The topological polar surface area (TPSA) is 62.7 Å². The first-order chi connectivity index (χ1) is 14.8. The highest BCUT2D eigenvalue weighted by atomic mass is 16.5. The molecular formula is C24H24N4O2. The number of likely N-dealkylation sites (tertiary alicyclic amines) is 1. The maximum Gasteiger partial charge on any atom is 0.129 e. The van der Waals surface area contributed by atoms with Gasteiger partial charge in [-0.3, -0.25) is 9.89 Å². The number of nitrogens with zero attached hydrogens (tertiary/aromatic N) is 3. The molecule has 152 valence electrons. The van der Waals surface area contributed by atoms with Crippen molar-refractivity contribution >= 4 is 22.8 Å². The lowest BCUT2D eigenvalue weighted by molar-refractivity contribution is -0.0416. The van der Waals surface area contributed by atoms with Crippen LogP contribution in [0.25, 0.3) is 16.6 Å². The van der Waals surface area contributed by atoms with Crippen molar-refractivity contribution in [3.8, 4) is 11.5 Å². The van der Waals surface area contributed by atoms with E-state index < -0.39 is 0 Å². The molecule has 6 rings (SSSR count). The quantitative estimate of drug-likeness (QED) is 0.698. The summed E-state index contributed by atoms with van der Waals surface area (Å²) in [4.78, 5) is 14.9. The number of allylic oxidation sites excluding steroid dienone is 1. The molecule has 0 spiro atoms. The highest BCUT2D eigenvalue weighted by molar-refractivity contribution is 5.89. The molecule has 1 N–H and O–H groups in total. The van der Waals surface area contributed by atoms with Crippen molar-refractivity contribution in [3.05, 3.63) is 59.9 Å². The van der Waals surface area contributed by atoms with E-state index in [1.165, 1.54) is 24.0 Å². The molecule has 3 aliphatic rings. The van der Waals surface area contributed by atoms with Gasteiger partial charge in [-0.25, -0.2) is 4.98 Å². The summed E-state index contributed by atoms with van der Waals surface area (Å²) in [5, 5.41) is 0. The molecule has 2 saturated heterocycles. The minimum absolute atomic E-state index is 0.400. The van der Waals surface area contributed by atoms with Gasteiger partial charge >= 0.3 is 0 Å². The summed E-state index contributed by atoms with van der Waals surface area (Å²) in [6.45, 7) is 3.59. The molecule has 0 aliphatic carbocycles. The lowest BCUT2D eigenvalue weighted by Crippen LogP contribution is -2.42. The van der Waals surface area contributed by atoms with Crippen LogP contribution in [0.15, 0.2) is 53.5 Å². The van der Waals surface area contributed by atoms with Crippen LogP contribution in [-0.4, -0.2) is 52.9 Å². The maximum absolute atomic E-state index is 6.07. The van der Waals surface area contributed by atoms with E-state index in [-0.39, 0.29) is 0 Å². The Morgan fingerprint density at radius 1 is 1.03 bits per heavy atom. The van der Waals surface area contributed by atoms with Gasteiger partial charge in [0, 0.05) is 25.4 Å². The zero-order valence-corrected chi connectivity index (χ0v) is 16.8. The first kappa shape index (κ1) is 17.9. The molecular weight excluding hydrogens is 376 g/mol. The molecule has 1 aromatic heterocycles. The third-order valence-electron chi connectivity index (χ3n) is 6.10. The molecule has 0 radical (unpaired) electrons. The zero-order chi connectivity index (χ0) is 19.9. The van der Waals surface area contributed by atoms with Crippen molar-refractivity contribution in [1.82, 2.24) is 14.9 Å². The molecule has 0 unspecified atom stereocenters. The van der Waals surface area contributed by atoms with Gasteiger partial charge in [0.15, 0.2) is 0 Å². The summed E-state index contributed by atoms with van der Waals surface area (Å²) in [5.74, 6) is 2.62. The van der Waals surface area contributed by atoms with E-state index in [9.17, 15) is 0 Å². The monoisotopic (exact) mass is 400 g/mol. The number of ether oxygens (including phenoxy) is 2. The lowest BCUT2D eigenvalue weighted by atomic mass is 10.1. The molecule has 0 amide bonds. The van der Waals surface area contributed by atoms with E-state index >= 15 is 0 Å². The molecule has 6 nitrogen and oxygen atoms in total. The number of nitrogens with one attached hydrogen (secondary N) is 1. The fourth-order valence-electron chi connectivity index (χ4n) is 4.63. The van der Waals surface area contributed by atoms with Gasteiger partial charge in [-0.1, -0.05) is 12.1 Å². The minimum Gasteiger partial charge on any atom is -0.457 e. The Labute approximate surface area is 175 Å². The largest absolute Gasteiger partial charge is 0.457 e. The summed E-state index contributed by atoms with van der Waals surface area (Å²) in [6, 6.07) is 14.2. The van der Waals surface area contributed by atoms with Crippen LogP contribution in [0.5, 0.6) is 11.5 Å². The van der Waals surface area contributed by atoms with Crippen molar-refractivity contribution < 1.29 is 9.47 Å². The minimum atomic E-state index is 0.400. The number of H-pyrrole nitrogens is 1. The van der Waals surface area contributed by atoms with Gasteiger partial charge in [-0.2, -0.15) is 0 Å². The third kappa shape index (κ3) is 3.53. The van der Waals surface area contributed by atoms with Crippen LogP contribution >= 0.6 is 0 Å². The lowest BCUT2D eigenvalue weighted by Gasteiger charge is -2.31. The molecule has 2 atom stereocenters. The first-order valence-corrected chi connectivity index (χ1v) is 10.6. The summed E-state index contributed by atoms with van der Waals surface area (Å²) in [6.07, 6.45) is 7.09. The van der Waals surface area contributed by atoms with E-state index in [1.54, 1.807) is 0 Å². The third-order valence-corrected chi connectivity index (χ3v) is 6.10. The molecule has 30 heavy (non-hydrogen) atoms.